The van der Waals surface area contributed by atoms with Crippen LogP contribution in [0.1, 0.15) is 41.6 Å². The molecule has 2 fully saturated rings. The highest BCUT2D eigenvalue weighted by atomic mass is 16.6. The van der Waals surface area contributed by atoms with Gasteiger partial charge in [-0.15, -0.1) is 0 Å². The van der Waals surface area contributed by atoms with E-state index in [1.165, 1.54) is 25.9 Å². The largest absolute Gasteiger partial charge is 0.494 e. The number of hydrogen-bond acceptors (Lipinski definition) is 4. The second kappa shape index (κ2) is 7.48. The Bertz CT molecular complexity index is 635. The predicted octanol–water partition coefficient (Wildman–Crippen LogP) is 2.73. The molecule has 0 N–H and O–H groups in total. The maximum absolute atomic E-state index is 13.0. The molecule has 134 valence electrons. The Morgan fingerprint density at radius 3 is 2.56 bits per heavy atom. The fourth-order valence-corrected chi connectivity index (χ4v) is 4.02. The molecule has 1 aromatic rings. The molecule has 0 aliphatic carbocycles. The smallest absolute Gasteiger partial charge is 0.254 e. The van der Waals surface area contributed by atoms with Crippen molar-refractivity contribution in [3.63, 3.8) is 0 Å². The van der Waals surface area contributed by atoms with Crippen LogP contribution in [0.3, 0.4) is 0 Å². The molecule has 0 saturated carbocycles. The number of rotatable bonds is 4. The summed E-state index contributed by atoms with van der Waals surface area (Å²) < 4.78 is 10.9. The molecule has 1 aromatic carbocycles. The van der Waals surface area contributed by atoms with Crippen LogP contribution < -0.4 is 0 Å². The molecule has 0 unspecified atom stereocenters. The van der Waals surface area contributed by atoms with Crippen molar-refractivity contribution in [1.29, 1.82) is 0 Å². The molecule has 0 radical (unpaired) electrons. The van der Waals surface area contributed by atoms with E-state index in [1.54, 1.807) is 6.26 Å². The maximum Gasteiger partial charge on any atom is 0.254 e. The van der Waals surface area contributed by atoms with E-state index in [9.17, 15) is 4.79 Å². The fourth-order valence-electron chi connectivity index (χ4n) is 4.02. The molecule has 4 rings (SSSR count). The summed E-state index contributed by atoms with van der Waals surface area (Å²) >= 11 is 0. The van der Waals surface area contributed by atoms with Gasteiger partial charge in [-0.25, -0.2) is 0 Å². The first-order chi connectivity index (χ1) is 12.3. The molecule has 5 nitrogen and oxygen atoms in total. The summed E-state index contributed by atoms with van der Waals surface area (Å²) in [4.78, 5) is 17.5. The van der Waals surface area contributed by atoms with Crippen molar-refractivity contribution in [2.24, 2.45) is 0 Å². The van der Waals surface area contributed by atoms with Crippen molar-refractivity contribution in [2.75, 3.05) is 39.4 Å². The van der Waals surface area contributed by atoms with Gasteiger partial charge in [0.25, 0.3) is 5.91 Å². The monoisotopic (exact) mass is 342 g/mol. The average molecular weight is 342 g/mol. The van der Waals surface area contributed by atoms with E-state index in [1.807, 2.05) is 24.3 Å². The highest BCUT2D eigenvalue weighted by molar-refractivity contribution is 5.95. The molecular weight excluding hydrogens is 316 g/mol. The first-order valence-corrected chi connectivity index (χ1v) is 9.39. The quantitative estimate of drug-likeness (QED) is 0.844. The highest BCUT2D eigenvalue weighted by Crippen LogP contribution is 2.24. The lowest BCUT2D eigenvalue weighted by molar-refractivity contribution is 0.0708. The lowest BCUT2D eigenvalue weighted by Gasteiger charge is -2.28. The topological polar surface area (TPSA) is 42.0 Å². The van der Waals surface area contributed by atoms with E-state index < -0.39 is 0 Å². The first-order valence-electron chi connectivity index (χ1n) is 9.39. The number of amides is 1. The minimum Gasteiger partial charge on any atom is -0.494 e. The van der Waals surface area contributed by atoms with Crippen LogP contribution >= 0.6 is 0 Å². The van der Waals surface area contributed by atoms with Gasteiger partial charge in [0.15, 0.2) is 5.76 Å². The number of likely N-dealkylation sites (tertiary alicyclic amines) is 2. The molecule has 3 aliphatic rings. The van der Waals surface area contributed by atoms with Crippen molar-refractivity contribution >= 4 is 11.7 Å². The number of benzene rings is 1. The Morgan fingerprint density at radius 2 is 1.84 bits per heavy atom. The summed E-state index contributed by atoms with van der Waals surface area (Å²) in [7, 11) is 0. The number of carbonyl (C=O) groups is 1. The number of carbonyl (C=O) groups excluding carboxylic acids is 1. The van der Waals surface area contributed by atoms with Crippen LogP contribution in [0.15, 0.2) is 30.5 Å². The summed E-state index contributed by atoms with van der Waals surface area (Å²) in [6.45, 7) is 5.43. The third-order valence-electron chi connectivity index (χ3n) is 5.37. The predicted molar refractivity (Wildman–Crippen MR) is 96.1 cm³/mol. The molecule has 1 amide bonds. The number of ether oxygens (including phenoxy) is 2. The lowest BCUT2D eigenvalue weighted by atomic mass is 10.1. The zero-order valence-corrected chi connectivity index (χ0v) is 14.7. The Hall–Kier alpha value is -2.01. The van der Waals surface area contributed by atoms with Crippen LogP contribution in [0.4, 0.5) is 0 Å². The van der Waals surface area contributed by atoms with Crippen molar-refractivity contribution < 1.29 is 14.3 Å². The lowest BCUT2D eigenvalue weighted by Crippen LogP contribution is -2.42. The van der Waals surface area contributed by atoms with E-state index in [0.717, 1.165) is 42.8 Å². The van der Waals surface area contributed by atoms with Crippen LogP contribution in [-0.2, 0) is 9.47 Å². The van der Waals surface area contributed by atoms with E-state index >= 15 is 0 Å². The van der Waals surface area contributed by atoms with Gasteiger partial charge in [-0.05, 0) is 50.9 Å². The number of hydrogen-bond donors (Lipinski definition) is 0. The molecule has 0 aromatic heterocycles. The minimum absolute atomic E-state index is 0.156. The zero-order valence-electron chi connectivity index (χ0n) is 14.7. The highest BCUT2D eigenvalue weighted by Gasteiger charge is 2.31. The first kappa shape index (κ1) is 16.5. The van der Waals surface area contributed by atoms with Crippen molar-refractivity contribution in [1.82, 2.24) is 9.80 Å². The van der Waals surface area contributed by atoms with Crippen molar-refractivity contribution in [2.45, 2.75) is 31.7 Å². The van der Waals surface area contributed by atoms with Gasteiger partial charge in [0, 0.05) is 30.3 Å². The summed E-state index contributed by atoms with van der Waals surface area (Å²) in [5.41, 5.74) is 1.71. The zero-order chi connectivity index (χ0) is 17.1. The van der Waals surface area contributed by atoms with Gasteiger partial charge < -0.3 is 19.3 Å². The fraction of sp³-hybridized carbons (Fsp3) is 0.550. The Labute approximate surface area is 149 Å². The molecule has 1 atom stereocenters. The van der Waals surface area contributed by atoms with E-state index in [0.29, 0.717) is 19.3 Å². The third kappa shape index (κ3) is 3.66. The Balaban J connectivity index is 1.43. The van der Waals surface area contributed by atoms with E-state index in [2.05, 4.69) is 9.80 Å². The normalized spacial score (nSPS) is 23.9. The van der Waals surface area contributed by atoms with Gasteiger partial charge in [-0.2, -0.15) is 0 Å². The number of nitrogens with zero attached hydrogens (tertiary/aromatic N) is 2. The molecule has 0 bridgehead atoms. The van der Waals surface area contributed by atoms with Crippen molar-refractivity contribution in [3.8, 4) is 0 Å². The van der Waals surface area contributed by atoms with Crippen LogP contribution in [-0.4, -0.2) is 61.1 Å². The maximum atomic E-state index is 13.0. The summed E-state index contributed by atoms with van der Waals surface area (Å²) in [5.74, 6) is 0.890. The average Bonchev–Trinajstić information content (AvgIpc) is 3.34. The van der Waals surface area contributed by atoms with Gasteiger partial charge in [-0.1, -0.05) is 12.1 Å². The van der Waals surface area contributed by atoms with Gasteiger partial charge in [-0.3, -0.25) is 4.79 Å². The van der Waals surface area contributed by atoms with Gasteiger partial charge in [0.1, 0.15) is 19.5 Å². The molecule has 0 spiro atoms. The molecule has 5 heteroatoms. The van der Waals surface area contributed by atoms with Crippen LogP contribution in [0.25, 0.3) is 5.76 Å². The SMILES string of the molecule is O=C(c1ccc(C2=COCCO2)cc1)N1CCC[C@H]1CN1CCCC1. The van der Waals surface area contributed by atoms with Crippen LogP contribution in [0, 0.1) is 0 Å². The summed E-state index contributed by atoms with van der Waals surface area (Å²) in [5, 5.41) is 0. The van der Waals surface area contributed by atoms with Crippen LogP contribution in [0.2, 0.25) is 0 Å². The summed E-state index contributed by atoms with van der Waals surface area (Å²) in [6.07, 6.45) is 6.47. The molecule has 3 aliphatic heterocycles. The van der Waals surface area contributed by atoms with Gasteiger partial charge in [0.05, 0.1) is 0 Å². The van der Waals surface area contributed by atoms with E-state index in [-0.39, 0.29) is 5.91 Å². The molecule has 3 heterocycles. The second-order valence-electron chi connectivity index (χ2n) is 7.08. The molecule has 25 heavy (non-hydrogen) atoms. The summed E-state index contributed by atoms with van der Waals surface area (Å²) in [6, 6.07) is 8.06. The van der Waals surface area contributed by atoms with Crippen LogP contribution in [0.5, 0.6) is 0 Å². The Morgan fingerprint density at radius 1 is 1.04 bits per heavy atom. The Kier molecular flexibility index (Phi) is 4.92. The minimum atomic E-state index is 0.156. The molecular formula is C20H26N2O3. The van der Waals surface area contributed by atoms with Crippen molar-refractivity contribution in [3.05, 3.63) is 41.7 Å². The molecule has 2 saturated heterocycles. The van der Waals surface area contributed by atoms with Gasteiger partial charge in [0.2, 0.25) is 0 Å². The van der Waals surface area contributed by atoms with Gasteiger partial charge >= 0.3 is 0 Å². The van der Waals surface area contributed by atoms with E-state index in [4.69, 9.17) is 9.47 Å². The standard InChI is InChI=1S/C20H26N2O3/c23-20(22-11-3-4-18(22)14-21-9-1-2-10-21)17-7-5-16(6-8-17)19-15-24-12-13-25-19/h5-8,15,18H,1-4,9-14H2/t18-/m0/s1. The second-order valence-corrected chi connectivity index (χ2v) is 7.08. The third-order valence-corrected chi connectivity index (χ3v) is 5.37.